The number of esters is 2. The van der Waals surface area contributed by atoms with Crippen LogP contribution in [-0.2, 0) is 14.3 Å². The summed E-state index contributed by atoms with van der Waals surface area (Å²) in [5, 5.41) is 0. The number of hydrogen-bond acceptors (Lipinski definition) is 3. The molecule has 0 bridgehead atoms. The molecule has 0 aromatic heterocycles. The molecular formula is C13H24O3. The van der Waals surface area contributed by atoms with Crippen molar-refractivity contribution in [3.05, 3.63) is 0 Å². The second-order valence-electron chi connectivity index (χ2n) is 5.36. The van der Waals surface area contributed by atoms with Gasteiger partial charge in [-0.3, -0.25) is 9.59 Å². The monoisotopic (exact) mass is 228 g/mol. The number of ether oxygens (including phenoxy) is 1. The maximum atomic E-state index is 11.6. The molecule has 0 rings (SSSR count). The summed E-state index contributed by atoms with van der Waals surface area (Å²) in [4.78, 5) is 23.0. The predicted molar refractivity (Wildman–Crippen MR) is 63.9 cm³/mol. The van der Waals surface area contributed by atoms with Crippen LogP contribution in [0.25, 0.3) is 0 Å². The predicted octanol–water partition coefficient (Wildman–Crippen LogP) is 3.32. The van der Waals surface area contributed by atoms with Crippen molar-refractivity contribution in [2.75, 3.05) is 0 Å². The fraction of sp³-hybridized carbons (Fsp3) is 0.846. The minimum absolute atomic E-state index is 0.183. The smallest absolute Gasteiger partial charge is 0.318 e. The first-order valence-electron chi connectivity index (χ1n) is 6.05. The highest BCUT2D eigenvalue weighted by Crippen LogP contribution is 2.18. The zero-order chi connectivity index (χ0) is 12.8. The lowest BCUT2D eigenvalue weighted by atomic mass is 9.97. The Morgan fingerprint density at radius 2 is 1.75 bits per heavy atom. The van der Waals surface area contributed by atoms with Gasteiger partial charge in [-0.15, -0.1) is 0 Å². The molecule has 0 aliphatic carbocycles. The molecule has 0 N–H and O–H groups in total. The van der Waals surface area contributed by atoms with E-state index in [2.05, 4.69) is 6.92 Å². The standard InChI is InChI=1S/C13H24O3/c1-6-7-8-9-10(2)11(14)16-12(15)13(3,4)5/h10H,6-9H2,1-5H3. The Hall–Kier alpha value is -0.860. The first kappa shape index (κ1) is 15.1. The normalized spacial score (nSPS) is 13.3. The molecule has 0 fully saturated rings. The average Bonchev–Trinajstić information content (AvgIpc) is 2.16. The van der Waals surface area contributed by atoms with Crippen LogP contribution in [0.5, 0.6) is 0 Å². The molecule has 0 saturated heterocycles. The molecule has 0 saturated carbocycles. The van der Waals surface area contributed by atoms with Gasteiger partial charge in [0, 0.05) is 0 Å². The van der Waals surface area contributed by atoms with Crippen LogP contribution in [0.4, 0.5) is 0 Å². The van der Waals surface area contributed by atoms with Gasteiger partial charge >= 0.3 is 11.9 Å². The van der Waals surface area contributed by atoms with E-state index in [4.69, 9.17) is 4.74 Å². The molecule has 0 spiro atoms. The SMILES string of the molecule is CCCCCC(C)C(=O)OC(=O)C(C)(C)C. The Kier molecular flexibility index (Phi) is 6.31. The molecule has 1 unspecified atom stereocenters. The van der Waals surface area contributed by atoms with Crippen LogP contribution in [0.2, 0.25) is 0 Å². The topological polar surface area (TPSA) is 43.4 Å². The largest absolute Gasteiger partial charge is 0.393 e. The van der Waals surface area contributed by atoms with Crippen molar-refractivity contribution in [3.8, 4) is 0 Å². The van der Waals surface area contributed by atoms with Crippen molar-refractivity contribution in [2.24, 2.45) is 11.3 Å². The Morgan fingerprint density at radius 3 is 2.19 bits per heavy atom. The van der Waals surface area contributed by atoms with Gasteiger partial charge in [0.2, 0.25) is 0 Å². The second-order valence-corrected chi connectivity index (χ2v) is 5.36. The lowest BCUT2D eigenvalue weighted by molar-refractivity contribution is -0.168. The molecule has 0 amide bonds. The van der Waals surface area contributed by atoms with Crippen LogP contribution in [0, 0.1) is 11.3 Å². The highest BCUT2D eigenvalue weighted by molar-refractivity contribution is 5.89. The van der Waals surface area contributed by atoms with Crippen molar-refractivity contribution in [3.63, 3.8) is 0 Å². The molecule has 94 valence electrons. The van der Waals surface area contributed by atoms with Gasteiger partial charge in [0.25, 0.3) is 0 Å². The molecular weight excluding hydrogens is 204 g/mol. The lowest BCUT2D eigenvalue weighted by Crippen LogP contribution is -2.28. The van der Waals surface area contributed by atoms with Crippen LogP contribution >= 0.6 is 0 Å². The van der Waals surface area contributed by atoms with Crippen LogP contribution in [-0.4, -0.2) is 11.9 Å². The minimum atomic E-state index is -0.612. The van der Waals surface area contributed by atoms with Gasteiger partial charge in [-0.1, -0.05) is 33.1 Å². The summed E-state index contributed by atoms with van der Waals surface area (Å²) in [7, 11) is 0. The molecule has 0 aliphatic heterocycles. The fourth-order valence-electron chi connectivity index (χ4n) is 1.16. The maximum absolute atomic E-state index is 11.6. The van der Waals surface area contributed by atoms with Crippen LogP contribution in [0.15, 0.2) is 0 Å². The summed E-state index contributed by atoms with van der Waals surface area (Å²) < 4.78 is 4.83. The summed E-state index contributed by atoms with van der Waals surface area (Å²) in [6.07, 6.45) is 4.05. The Bertz CT molecular complexity index is 238. The lowest BCUT2D eigenvalue weighted by Gasteiger charge is -2.17. The highest BCUT2D eigenvalue weighted by Gasteiger charge is 2.27. The van der Waals surface area contributed by atoms with Gasteiger partial charge in [-0.25, -0.2) is 0 Å². The maximum Gasteiger partial charge on any atom is 0.318 e. The van der Waals surface area contributed by atoms with E-state index >= 15 is 0 Å². The summed E-state index contributed by atoms with van der Waals surface area (Å²) in [6.45, 7) is 9.15. The molecule has 0 aromatic rings. The summed E-state index contributed by atoms with van der Waals surface area (Å²) in [5.74, 6) is -1.02. The second kappa shape index (κ2) is 6.66. The molecule has 0 radical (unpaired) electrons. The molecule has 0 aliphatic rings. The highest BCUT2D eigenvalue weighted by atomic mass is 16.6. The van der Waals surface area contributed by atoms with E-state index in [1.54, 1.807) is 20.8 Å². The molecule has 3 nitrogen and oxygen atoms in total. The zero-order valence-corrected chi connectivity index (χ0v) is 11.1. The number of hydrogen-bond donors (Lipinski definition) is 0. The number of rotatable bonds is 5. The Balaban J connectivity index is 4.01. The number of carbonyl (C=O) groups is 2. The molecule has 0 aromatic carbocycles. The zero-order valence-electron chi connectivity index (χ0n) is 11.1. The van der Waals surface area contributed by atoms with Crippen LogP contribution < -0.4 is 0 Å². The molecule has 1 atom stereocenters. The van der Waals surface area contributed by atoms with Gasteiger partial charge in [0.05, 0.1) is 11.3 Å². The number of carbonyl (C=O) groups excluding carboxylic acids is 2. The van der Waals surface area contributed by atoms with Crippen molar-refractivity contribution in [1.82, 2.24) is 0 Å². The van der Waals surface area contributed by atoms with E-state index in [0.717, 1.165) is 25.7 Å². The fourth-order valence-corrected chi connectivity index (χ4v) is 1.16. The summed E-state index contributed by atoms with van der Waals surface area (Å²) in [6, 6.07) is 0. The van der Waals surface area contributed by atoms with Crippen molar-refractivity contribution < 1.29 is 14.3 Å². The first-order chi connectivity index (χ1) is 7.29. The van der Waals surface area contributed by atoms with Crippen molar-refractivity contribution in [2.45, 2.75) is 60.3 Å². The Morgan fingerprint density at radius 1 is 1.19 bits per heavy atom. The van der Waals surface area contributed by atoms with E-state index in [0.29, 0.717) is 0 Å². The summed E-state index contributed by atoms with van der Waals surface area (Å²) in [5.41, 5.74) is -0.612. The van der Waals surface area contributed by atoms with E-state index in [1.165, 1.54) is 0 Å². The third kappa shape index (κ3) is 5.89. The minimum Gasteiger partial charge on any atom is -0.393 e. The quantitative estimate of drug-likeness (QED) is 0.412. The third-order valence-electron chi connectivity index (χ3n) is 2.45. The summed E-state index contributed by atoms with van der Waals surface area (Å²) >= 11 is 0. The van der Waals surface area contributed by atoms with E-state index in [9.17, 15) is 9.59 Å². The van der Waals surface area contributed by atoms with Gasteiger partial charge in [-0.2, -0.15) is 0 Å². The van der Waals surface area contributed by atoms with Gasteiger partial charge in [0.1, 0.15) is 0 Å². The number of unbranched alkanes of at least 4 members (excludes halogenated alkanes) is 2. The molecule has 16 heavy (non-hydrogen) atoms. The van der Waals surface area contributed by atoms with E-state index < -0.39 is 17.4 Å². The molecule has 0 heterocycles. The molecule has 3 heteroatoms. The van der Waals surface area contributed by atoms with E-state index in [1.807, 2.05) is 6.92 Å². The first-order valence-corrected chi connectivity index (χ1v) is 6.05. The van der Waals surface area contributed by atoms with Crippen molar-refractivity contribution in [1.29, 1.82) is 0 Å². The van der Waals surface area contributed by atoms with Gasteiger partial charge < -0.3 is 4.74 Å². The third-order valence-corrected chi connectivity index (χ3v) is 2.45. The van der Waals surface area contributed by atoms with Crippen LogP contribution in [0.3, 0.4) is 0 Å². The van der Waals surface area contributed by atoms with Crippen molar-refractivity contribution >= 4 is 11.9 Å². The van der Waals surface area contributed by atoms with Gasteiger partial charge in [0.15, 0.2) is 0 Å². The van der Waals surface area contributed by atoms with Gasteiger partial charge in [-0.05, 0) is 27.2 Å². The average molecular weight is 228 g/mol. The Labute approximate surface area is 98.6 Å². The van der Waals surface area contributed by atoms with Crippen LogP contribution in [0.1, 0.15) is 60.3 Å². The van der Waals surface area contributed by atoms with E-state index in [-0.39, 0.29) is 5.92 Å².